The van der Waals surface area contributed by atoms with Gasteiger partial charge in [0.2, 0.25) is 0 Å². The van der Waals surface area contributed by atoms with Gasteiger partial charge in [0.25, 0.3) is 5.91 Å². The highest BCUT2D eigenvalue weighted by molar-refractivity contribution is 5.95. The molecule has 0 saturated heterocycles. The minimum Gasteiger partial charge on any atom is -0.335 e. The van der Waals surface area contributed by atoms with Crippen LogP contribution in [-0.4, -0.2) is 29.9 Å². The van der Waals surface area contributed by atoms with Crippen LogP contribution in [0.4, 0.5) is 0 Å². The standard InChI is InChI=1S/C17H24N2O/c1-12(2)11-19(16-5-6-16)17(20)14-4-3-13-7-8-18-10-15(13)9-14/h3-4,9,12,16,18H,5-8,10-11H2,1-2H3. The number of rotatable bonds is 4. The van der Waals surface area contributed by atoms with Crippen LogP contribution in [0.25, 0.3) is 0 Å². The van der Waals surface area contributed by atoms with E-state index >= 15 is 0 Å². The molecule has 3 heteroatoms. The Hall–Kier alpha value is -1.35. The summed E-state index contributed by atoms with van der Waals surface area (Å²) in [7, 11) is 0. The van der Waals surface area contributed by atoms with Crippen LogP contribution in [0, 0.1) is 5.92 Å². The SMILES string of the molecule is CC(C)CN(C(=O)c1ccc2c(c1)CNCC2)C1CC1. The highest BCUT2D eigenvalue weighted by atomic mass is 16.2. The Morgan fingerprint density at radius 1 is 1.35 bits per heavy atom. The minimum absolute atomic E-state index is 0.217. The first kappa shape index (κ1) is 13.6. The first-order valence-corrected chi connectivity index (χ1v) is 7.78. The van der Waals surface area contributed by atoms with E-state index in [1.807, 2.05) is 6.07 Å². The average Bonchev–Trinajstić information content (AvgIpc) is 3.28. The largest absolute Gasteiger partial charge is 0.335 e. The van der Waals surface area contributed by atoms with Gasteiger partial charge in [0, 0.05) is 24.7 Å². The summed E-state index contributed by atoms with van der Waals surface area (Å²) < 4.78 is 0. The number of carbonyl (C=O) groups is 1. The summed E-state index contributed by atoms with van der Waals surface area (Å²) in [5.41, 5.74) is 3.55. The summed E-state index contributed by atoms with van der Waals surface area (Å²) in [6.07, 6.45) is 3.41. The lowest BCUT2D eigenvalue weighted by molar-refractivity contribution is 0.0722. The number of nitrogens with one attached hydrogen (secondary N) is 1. The third kappa shape index (κ3) is 2.88. The Labute approximate surface area is 121 Å². The molecule has 0 radical (unpaired) electrons. The summed E-state index contributed by atoms with van der Waals surface area (Å²) in [6, 6.07) is 6.74. The molecule has 1 aromatic carbocycles. The van der Waals surface area contributed by atoms with Gasteiger partial charge in [0.05, 0.1) is 0 Å². The molecular weight excluding hydrogens is 248 g/mol. The van der Waals surface area contributed by atoms with Crippen LogP contribution in [0.3, 0.4) is 0 Å². The Morgan fingerprint density at radius 3 is 2.85 bits per heavy atom. The molecule has 1 aliphatic carbocycles. The fourth-order valence-electron chi connectivity index (χ4n) is 2.96. The van der Waals surface area contributed by atoms with Crippen LogP contribution < -0.4 is 5.32 Å². The first-order valence-electron chi connectivity index (χ1n) is 7.78. The van der Waals surface area contributed by atoms with Crippen LogP contribution in [0.1, 0.15) is 48.2 Å². The van der Waals surface area contributed by atoms with E-state index in [2.05, 4.69) is 36.2 Å². The number of nitrogens with zero attached hydrogens (tertiary/aromatic N) is 1. The van der Waals surface area contributed by atoms with Gasteiger partial charge in [-0.3, -0.25) is 4.79 Å². The van der Waals surface area contributed by atoms with Crippen molar-refractivity contribution in [3.63, 3.8) is 0 Å². The molecule has 2 aliphatic rings. The predicted octanol–water partition coefficient (Wildman–Crippen LogP) is 2.59. The molecule has 1 aliphatic heterocycles. The minimum atomic E-state index is 0.217. The highest BCUT2D eigenvalue weighted by Gasteiger charge is 2.33. The van der Waals surface area contributed by atoms with E-state index in [-0.39, 0.29) is 5.91 Å². The molecular formula is C17H24N2O. The molecule has 0 bridgehead atoms. The molecule has 0 spiro atoms. The maximum atomic E-state index is 12.8. The van der Waals surface area contributed by atoms with Gasteiger partial charge in [0.1, 0.15) is 0 Å². The smallest absolute Gasteiger partial charge is 0.254 e. The van der Waals surface area contributed by atoms with E-state index in [0.29, 0.717) is 12.0 Å². The molecule has 1 saturated carbocycles. The van der Waals surface area contributed by atoms with Gasteiger partial charge >= 0.3 is 0 Å². The molecule has 108 valence electrons. The van der Waals surface area contributed by atoms with Crippen LogP contribution in [0.2, 0.25) is 0 Å². The third-order valence-corrected chi connectivity index (χ3v) is 4.15. The molecule has 0 atom stereocenters. The number of amides is 1. The van der Waals surface area contributed by atoms with Crippen LogP contribution in [-0.2, 0) is 13.0 Å². The Morgan fingerprint density at radius 2 is 2.15 bits per heavy atom. The van der Waals surface area contributed by atoms with Crippen LogP contribution in [0.5, 0.6) is 0 Å². The average molecular weight is 272 g/mol. The maximum absolute atomic E-state index is 12.8. The van der Waals surface area contributed by atoms with Gasteiger partial charge in [-0.15, -0.1) is 0 Å². The van der Waals surface area contributed by atoms with Crippen molar-refractivity contribution in [2.75, 3.05) is 13.1 Å². The lowest BCUT2D eigenvalue weighted by atomic mass is 9.98. The second-order valence-corrected chi connectivity index (χ2v) is 6.49. The first-order chi connectivity index (χ1) is 9.65. The Kier molecular flexibility index (Phi) is 3.79. The van der Waals surface area contributed by atoms with Crippen molar-refractivity contribution in [1.82, 2.24) is 10.2 Å². The number of hydrogen-bond donors (Lipinski definition) is 1. The number of benzene rings is 1. The lowest BCUT2D eigenvalue weighted by Crippen LogP contribution is -2.36. The van der Waals surface area contributed by atoms with E-state index in [1.54, 1.807) is 0 Å². The van der Waals surface area contributed by atoms with Crippen molar-refractivity contribution >= 4 is 5.91 Å². The Balaban J connectivity index is 1.81. The van der Waals surface area contributed by atoms with E-state index in [0.717, 1.165) is 31.6 Å². The van der Waals surface area contributed by atoms with E-state index in [4.69, 9.17) is 0 Å². The van der Waals surface area contributed by atoms with Crippen molar-refractivity contribution in [2.45, 2.75) is 45.7 Å². The zero-order valence-corrected chi connectivity index (χ0v) is 12.5. The van der Waals surface area contributed by atoms with Crippen molar-refractivity contribution < 1.29 is 4.79 Å². The number of hydrogen-bond acceptors (Lipinski definition) is 2. The van der Waals surface area contributed by atoms with Crippen LogP contribution >= 0.6 is 0 Å². The molecule has 0 unspecified atom stereocenters. The van der Waals surface area contributed by atoms with Crippen LogP contribution in [0.15, 0.2) is 18.2 Å². The monoisotopic (exact) mass is 272 g/mol. The summed E-state index contributed by atoms with van der Waals surface area (Å²) in [5, 5.41) is 3.38. The zero-order chi connectivity index (χ0) is 14.1. The fraction of sp³-hybridized carbons (Fsp3) is 0.588. The molecule has 3 nitrogen and oxygen atoms in total. The van der Waals surface area contributed by atoms with Gasteiger partial charge < -0.3 is 10.2 Å². The fourth-order valence-corrected chi connectivity index (χ4v) is 2.96. The topological polar surface area (TPSA) is 32.3 Å². The highest BCUT2D eigenvalue weighted by Crippen LogP contribution is 2.29. The molecule has 1 N–H and O–H groups in total. The predicted molar refractivity (Wildman–Crippen MR) is 80.7 cm³/mol. The summed E-state index contributed by atoms with van der Waals surface area (Å²) in [6.45, 7) is 7.17. The molecule has 3 rings (SSSR count). The van der Waals surface area contributed by atoms with Gasteiger partial charge in [-0.05, 0) is 55.0 Å². The second kappa shape index (κ2) is 5.57. The normalized spacial score (nSPS) is 17.9. The molecule has 1 fully saturated rings. The molecule has 20 heavy (non-hydrogen) atoms. The van der Waals surface area contributed by atoms with Gasteiger partial charge in [-0.2, -0.15) is 0 Å². The van der Waals surface area contributed by atoms with E-state index in [1.165, 1.54) is 24.0 Å². The second-order valence-electron chi connectivity index (χ2n) is 6.49. The van der Waals surface area contributed by atoms with E-state index in [9.17, 15) is 4.79 Å². The summed E-state index contributed by atoms with van der Waals surface area (Å²) in [5.74, 6) is 0.744. The molecule has 1 amide bonds. The van der Waals surface area contributed by atoms with Crippen molar-refractivity contribution in [2.24, 2.45) is 5.92 Å². The lowest BCUT2D eigenvalue weighted by Gasteiger charge is -2.25. The maximum Gasteiger partial charge on any atom is 0.254 e. The summed E-state index contributed by atoms with van der Waals surface area (Å²) >= 11 is 0. The van der Waals surface area contributed by atoms with Crippen molar-refractivity contribution in [3.8, 4) is 0 Å². The zero-order valence-electron chi connectivity index (χ0n) is 12.5. The van der Waals surface area contributed by atoms with Gasteiger partial charge in [0.15, 0.2) is 0 Å². The molecule has 1 heterocycles. The molecule has 0 aromatic heterocycles. The number of fused-ring (bicyclic) bond motifs is 1. The molecule has 1 aromatic rings. The van der Waals surface area contributed by atoms with Gasteiger partial charge in [-0.1, -0.05) is 19.9 Å². The third-order valence-electron chi connectivity index (χ3n) is 4.15. The van der Waals surface area contributed by atoms with Crippen molar-refractivity contribution in [1.29, 1.82) is 0 Å². The van der Waals surface area contributed by atoms with E-state index < -0.39 is 0 Å². The van der Waals surface area contributed by atoms with Crippen molar-refractivity contribution in [3.05, 3.63) is 34.9 Å². The van der Waals surface area contributed by atoms with Gasteiger partial charge in [-0.25, -0.2) is 0 Å². The quantitative estimate of drug-likeness (QED) is 0.913. The Bertz CT molecular complexity index is 506. The number of carbonyl (C=O) groups excluding carboxylic acids is 1. The summed E-state index contributed by atoms with van der Waals surface area (Å²) in [4.78, 5) is 14.8.